The van der Waals surface area contributed by atoms with E-state index in [1.807, 2.05) is 49.4 Å². The van der Waals surface area contributed by atoms with E-state index in [9.17, 15) is 9.90 Å². The highest BCUT2D eigenvalue weighted by molar-refractivity contribution is 7.48. The summed E-state index contributed by atoms with van der Waals surface area (Å²) in [4.78, 5) is 11.9. The van der Waals surface area contributed by atoms with Crippen molar-refractivity contribution in [1.82, 2.24) is 0 Å². The number of rotatable bonds is 5. The van der Waals surface area contributed by atoms with Gasteiger partial charge in [-0.05, 0) is 31.1 Å². The first kappa shape index (κ1) is 16.7. The molecule has 0 aliphatic carbocycles. The van der Waals surface area contributed by atoms with Crippen LogP contribution in [0.4, 0.5) is 0 Å². The number of aromatic hydroxyl groups is 1. The second-order valence-electron chi connectivity index (χ2n) is 5.88. The molecule has 2 atom stereocenters. The van der Waals surface area contributed by atoms with E-state index in [0.717, 1.165) is 28.4 Å². The number of carbonyl (C=O) groups is 1. The molecule has 2 rings (SSSR count). The van der Waals surface area contributed by atoms with Crippen LogP contribution in [-0.2, 0) is 5.16 Å². The van der Waals surface area contributed by atoms with E-state index >= 15 is 0 Å². The van der Waals surface area contributed by atoms with Gasteiger partial charge in [0.05, 0.1) is 0 Å². The summed E-state index contributed by atoms with van der Waals surface area (Å²) in [6, 6.07) is 13.7. The van der Waals surface area contributed by atoms with Crippen molar-refractivity contribution in [3.05, 3.63) is 59.2 Å². The molecule has 2 unspecified atom stereocenters. The van der Waals surface area contributed by atoms with Crippen LogP contribution in [0.3, 0.4) is 0 Å². The lowest BCUT2D eigenvalue weighted by Crippen LogP contribution is -2.21. The topological polar surface area (TPSA) is 37.3 Å². The zero-order valence-corrected chi connectivity index (χ0v) is 14.6. The molecule has 2 aromatic carbocycles. The van der Waals surface area contributed by atoms with Crippen LogP contribution in [0.5, 0.6) is 5.75 Å². The molecule has 0 bridgehead atoms. The highest BCUT2D eigenvalue weighted by Crippen LogP contribution is 2.47. The van der Waals surface area contributed by atoms with Gasteiger partial charge in [0.15, 0.2) is 5.78 Å². The summed E-state index contributed by atoms with van der Waals surface area (Å²) < 4.78 is 0. The lowest BCUT2D eigenvalue weighted by molar-refractivity contribution is 0.101. The fraction of sp³-hybridized carbons (Fsp3) is 0.316. The zero-order valence-electron chi connectivity index (χ0n) is 13.6. The van der Waals surface area contributed by atoms with Crippen molar-refractivity contribution in [3.8, 4) is 5.75 Å². The molecule has 2 aromatic rings. The number of ketones is 1. The summed E-state index contributed by atoms with van der Waals surface area (Å²) in [6.07, 6.45) is 0.898. The van der Waals surface area contributed by atoms with Crippen molar-refractivity contribution in [2.24, 2.45) is 0 Å². The van der Waals surface area contributed by atoms with Crippen LogP contribution in [-0.4, -0.2) is 10.9 Å². The van der Waals surface area contributed by atoms with E-state index < -0.39 is 0 Å². The molecular weight excluding hydrogens is 291 g/mol. The lowest BCUT2D eigenvalue weighted by atomic mass is 9.94. The second kappa shape index (κ2) is 6.62. The molecule has 0 amide bonds. The van der Waals surface area contributed by atoms with Gasteiger partial charge >= 0.3 is 0 Å². The summed E-state index contributed by atoms with van der Waals surface area (Å²) in [5, 5.41) is 11.3. The molecule has 0 radical (unpaired) electrons. The Morgan fingerprint density at radius 2 is 1.86 bits per heavy atom. The van der Waals surface area contributed by atoms with Crippen molar-refractivity contribution in [2.75, 3.05) is 0 Å². The van der Waals surface area contributed by atoms with Crippen molar-refractivity contribution >= 4 is 19.7 Å². The molecule has 2 nitrogen and oxygen atoms in total. The Hall–Kier alpha value is -1.66. The van der Waals surface area contributed by atoms with E-state index in [-0.39, 0.29) is 10.9 Å². The Balaban J connectivity index is 2.48. The summed E-state index contributed by atoms with van der Waals surface area (Å²) in [7, 11) is 0.430. The van der Waals surface area contributed by atoms with Crippen molar-refractivity contribution in [2.45, 2.75) is 39.3 Å². The van der Waals surface area contributed by atoms with Crippen molar-refractivity contribution in [3.63, 3.8) is 0 Å². The van der Waals surface area contributed by atoms with E-state index in [1.165, 1.54) is 0 Å². The van der Waals surface area contributed by atoms with Crippen LogP contribution in [0, 0.1) is 6.92 Å². The Kier molecular flexibility index (Phi) is 5.03. The molecule has 0 aliphatic rings. The average molecular weight is 314 g/mol. The number of phenolic OH excluding ortho intramolecular Hbond substituents is 1. The monoisotopic (exact) mass is 314 g/mol. The van der Waals surface area contributed by atoms with E-state index in [4.69, 9.17) is 0 Å². The first-order valence-corrected chi connectivity index (χ1v) is 8.56. The lowest BCUT2D eigenvalue weighted by Gasteiger charge is -2.31. The van der Waals surface area contributed by atoms with Gasteiger partial charge in [-0.1, -0.05) is 64.9 Å². The minimum absolute atomic E-state index is 0.0926. The van der Waals surface area contributed by atoms with Gasteiger partial charge in [-0.15, -0.1) is 0 Å². The van der Waals surface area contributed by atoms with Gasteiger partial charge in [0.2, 0.25) is 0 Å². The maximum absolute atomic E-state index is 11.9. The quantitative estimate of drug-likeness (QED) is 0.650. The number of para-hydroxylation sites is 1. The van der Waals surface area contributed by atoms with E-state index in [1.54, 1.807) is 6.92 Å². The highest BCUT2D eigenvalue weighted by atomic mass is 31.1. The molecule has 0 heterocycles. The summed E-state index contributed by atoms with van der Waals surface area (Å²) in [6.45, 7) is 7.82. The molecule has 0 fully saturated rings. The summed E-state index contributed by atoms with van der Waals surface area (Å²) >= 11 is 0. The Bertz CT molecular complexity index is 694. The molecule has 3 heteroatoms. The Labute approximate surface area is 134 Å². The first-order chi connectivity index (χ1) is 10.4. The standard InChI is InChI=1S/C19H23O2P/c1-5-19(4,16-11-8-9-13(2)18(16)21)22-17-12-7-6-10-15(17)14(3)20/h6-12,21-22H,5H2,1-4H3. The van der Waals surface area contributed by atoms with Gasteiger partial charge in [0.1, 0.15) is 5.75 Å². The molecule has 0 saturated heterocycles. The van der Waals surface area contributed by atoms with Gasteiger partial charge in [0, 0.05) is 16.3 Å². The molecule has 116 valence electrons. The van der Waals surface area contributed by atoms with Gasteiger partial charge in [0.25, 0.3) is 0 Å². The van der Waals surface area contributed by atoms with Crippen LogP contribution in [0.1, 0.15) is 48.7 Å². The predicted octanol–water partition coefficient (Wildman–Crippen LogP) is 4.53. The van der Waals surface area contributed by atoms with Crippen LogP contribution < -0.4 is 5.30 Å². The van der Waals surface area contributed by atoms with E-state index in [2.05, 4.69) is 13.8 Å². The number of hydrogen-bond acceptors (Lipinski definition) is 2. The Morgan fingerprint density at radius 3 is 2.50 bits per heavy atom. The maximum atomic E-state index is 11.9. The summed E-state index contributed by atoms with van der Waals surface area (Å²) in [5.41, 5.74) is 2.64. The molecule has 0 saturated carbocycles. The second-order valence-corrected chi connectivity index (χ2v) is 7.78. The van der Waals surface area contributed by atoms with Crippen molar-refractivity contribution < 1.29 is 9.90 Å². The normalized spacial score (nSPS) is 14.2. The smallest absolute Gasteiger partial charge is 0.160 e. The Morgan fingerprint density at radius 1 is 1.18 bits per heavy atom. The minimum atomic E-state index is -0.179. The molecular formula is C19H23O2P. The predicted molar refractivity (Wildman–Crippen MR) is 94.9 cm³/mol. The number of carbonyl (C=O) groups excluding carboxylic acids is 1. The molecule has 0 spiro atoms. The summed E-state index contributed by atoms with van der Waals surface area (Å²) in [5.74, 6) is 0.467. The number of Topliss-reactive ketones (excluding diaryl/α,β-unsaturated/α-hetero) is 1. The fourth-order valence-electron chi connectivity index (χ4n) is 2.65. The largest absolute Gasteiger partial charge is 0.507 e. The highest BCUT2D eigenvalue weighted by Gasteiger charge is 2.29. The van der Waals surface area contributed by atoms with Crippen LogP contribution in [0.2, 0.25) is 0 Å². The third kappa shape index (κ3) is 3.23. The molecule has 1 N–H and O–H groups in total. The SMILES string of the molecule is CCC(C)(Pc1ccccc1C(C)=O)c1cccc(C)c1O. The van der Waals surface area contributed by atoms with Gasteiger partial charge in [-0.3, -0.25) is 4.79 Å². The number of phenols is 1. The zero-order chi connectivity index (χ0) is 16.3. The van der Waals surface area contributed by atoms with Crippen molar-refractivity contribution in [1.29, 1.82) is 0 Å². The minimum Gasteiger partial charge on any atom is -0.507 e. The van der Waals surface area contributed by atoms with Crippen LogP contribution in [0.15, 0.2) is 42.5 Å². The number of hydrogen-bond donors (Lipinski definition) is 1. The number of aryl methyl sites for hydroxylation is 1. The van der Waals surface area contributed by atoms with Gasteiger partial charge < -0.3 is 5.11 Å². The van der Waals surface area contributed by atoms with Crippen LogP contribution in [0.25, 0.3) is 0 Å². The molecule has 0 aromatic heterocycles. The number of benzene rings is 2. The first-order valence-electron chi connectivity index (χ1n) is 7.56. The molecule has 0 aliphatic heterocycles. The third-order valence-electron chi connectivity index (χ3n) is 4.26. The fourth-order valence-corrected chi connectivity index (χ4v) is 4.33. The molecule has 22 heavy (non-hydrogen) atoms. The van der Waals surface area contributed by atoms with Crippen LogP contribution >= 0.6 is 8.58 Å². The van der Waals surface area contributed by atoms with E-state index in [0.29, 0.717) is 14.3 Å². The van der Waals surface area contributed by atoms with Gasteiger partial charge in [-0.25, -0.2) is 0 Å². The maximum Gasteiger partial charge on any atom is 0.160 e. The third-order valence-corrected chi connectivity index (χ3v) is 6.14. The van der Waals surface area contributed by atoms with Gasteiger partial charge in [-0.2, -0.15) is 0 Å². The average Bonchev–Trinajstić information content (AvgIpc) is 2.50.